The molecule has 1 saturated carbocycles. The quantitative estimate of drug-likeness (QED) is 0.848. The van der Waals surface area contributed by atoms with Gasteiger partial charge in [0.05, 0.1) is 12.1 Å². The maximum absolute atomic E-state index is 11.6. The van der Waals surface area contributed by atoms with E-state index in [-0.39, 0.29) is 5.91 Å². The van der Waals surface area contributed by atoms with E-state index in [1.807, 2.05) is 6.92 Å². The SMILES string of the molecule is CCNC(=O)c1ccc(NCc2noc(C3CCC3)n2)nc1. The second-order valence-corrected chi connectivity index (χ2v) is 5.32. The van der Waals surface area contributed by atoms with Crippen molar-refractivity contribution in [3.8, 4) is 0 Å². The monoisotopic (exact) mass is 301 g/mol. The Morgan fingerprint density at radius 1 is 1.41 bits per heavy atom. The summed E-state index contributed by atoms with van der Waals surface area (Å²) < 4.78 is 5.26. The van der Waals surface area contributed by atoms with Gasteiger partial charge >= 0.3 is 0 Å². The van der Waals surface area contributed by atoms with Crippen molar-refractivity contribution >= 4 is 11.7 Å². The second-order valence-electron chi connectivity index (χ2n) is 5.32. The minimum absolute atomic E-state index is 0.121. The Labute approximate surface area is 128 Å². The van der Waals surface area contributed by atoms with Gasteiger partial charge < -0.3 is 15.2 Å². The van der Waals surface area contributed by atoms with E-state index in [4.69, 9.17) is 4.52 Å². The van der Waals surface area contributed by atoms with Crippen molar-refractivity contribution in [3.63, 3.8) is 0 Å². The Kier molecular flexibility index (Phi) is 4.32. The molecule has 1 aliphatic carbocycles. The van der Waals surface area contributed by atoms with Crippen LogP contribution in [0.3, 0.4) is 0 Å². The van der Waals surface area contributed by atoms with Crippen molar-refractivity contribution in [2.45, 2.75) is 38.6 Å². The molecule has 7 heteroatoms. The topological polar surface area (TPSA) is 92.9 Å². The molecule has 1 amide bonds. The molecule has 22 heavy (non-hydrogen) atoms. The average Bonchev–Trinajstić information content (AvgIpc) is 2.92. The summed E-state index contributed by atoms with van der Waals surface area (Å²) in [5.74, 6) is 2.35. The van der Waals surface area contributed by atoms with Crippen molar-refractivity contribution in [1.29, 1.82) is 0 Å². The van der Waals surface area contributed by atoms with E-state index in [9.17, 15) is 4.79 Å². The van der Waals surface area contributed by atoms with Gasteiger partial charge in [0.25, 0.3) is 5.91 Å². The molecule has 1 fully saturated rings. The zero-order chi connectivity index (χ0) is 15.4. The highest BCUT2D eigenvalue weighted by molar-refractivity contribution is 5.93. The van der Waals surface area contributed by atoms with E-state index in [0.717, 1.165) is 18.7 Å². The summed E-state index contributed by atoms with van der Waals surface area (Å²) in [4.78, 5) is 20.2. The molecule has 0 aromatic carbocycles. The first kappa shape index (κ1) is 14.5. The lowest BCUT2D eigenvalue weighted by Gasteiger charge is -2.20. The van der Waals surface area contributed by atoms with Crippen LogP contribution < -0.4 is 10.6 Å². The van der Waals surface area contributed by atoms with E-state index >= 15 is 0 Å². The zero-order valence-electron chi connectivity index (χ0n) is 12.5. The predicted octanol–water partition coefficient (Wildman–Crippen LogP) is 2.09. The molecule has 2 aromatic rings. The molecule has 116 valence electrons. The number of carbonyl (C=O) groups is 1. The van der Waals surface area contributed by atoms with E-state index in [1.54, 1.807) is 18.3 Å². The lowest BCUT2D eigenvalue weighted by molar-refractivity contribution is 0.0955. The van der Waals surface area contributed by atoms with Crippen LogP contribution in [0.2, 0.25) is 0 Å². The van der Waals surface area contributed by atoms with E-state index in [0.29, 0.717) is 36.2 Å². The Morgan fingerprint density at radius 2 is 2.27 bits per heavy atom. The van der Waals surface area contributed by atoms with Gasteiger partial charge in [-0.3, -0.25) is 4.79 Å². The van der Waals surface area contributed by atoms with Crippen LogP contribution in [0.15, 0.2) is 22.9 Å². The molecule has 0 unspecified atom stereocenters. The molecule has 2 aromatic heterocycles. The summed E-state index contributed by atoms with van der Waals surface area (Å²) in [7, 11) is 0. The van der Waals surface area contributed by atoms with Crippen molar-refractivity contribution in [1.82, 2.24) is 20.4 Å². The van der Waals surface area contributed by atoms with Crippen LogP contribution in [0.4, 0.5) is 5.82 Å². The van der Waals surface area contributed by atoms with Crippen LogP contribution in [-0.4, -0.2) is 27.6 Å². The number of anilines is 1. The van der Waals surface area contributed by atoms with Crippen LogP contribution >= 0.6 is 0 Å². The highest BCUT2D eigenvalue weighted by atomic mass is 16.5. The highest BCUT2D eigenvalue weighted by Gasteiger charge is 2.25. The molecule has 1 aliphatic rings. The Hall–Kier alpha value is -2.44. The third-order valence-electron chi connectivity index (χ3n) is 3.73. The van der Waals surface area contributed by atoms with Gasteiger partial charge in [-0.15, -0.1) is 0 Å². The molecule has 3 rings (SSSR count). The third kappa shape index (κ3) is 3.24. The average molecular weight is 301 g/mol. The molecule has 0 radical (unpaired) electrons. The van der Waals surface area contributed by atoms with Crippen molar-refractivity contribution < 1.29 is 9.32 Å². The molecule has 0 saturated heterocycles. The largest absolute Gasteiger partial charge is 0.363 e. The van der Waals surface area contributed by atoms with E-state index in [1.165, 1.54) is 6.42 Å². The normalized spacial score (nSPS) is 14.4. The minimum atomic E-state index is -0.121. The van der Waals surface area contributed by atoms with Crippen LogP contribution in [0.1, 0.15) is 54.2 Å². The standard InChI is InChI=1S/C15H19N5O2/c1-2-16-14(21)11-6-7-12(17-8-11)18-9-13-19-15(22-20-13)10-4-3-5-10/h6-8,10H,2-5,9H2,1H3,(H,16,21)(H,17,18). The Bertz CT molecular complexity index is 634. The maximum Gasteiger partial charge on any atom is 0.252 e. The first-order chi connectivity index (χ1) is 10.8. The van der Waals surface area contributed by atoms with Crippen molar-refractivity contribution in [2.24, 2.45) is 0 Å². The Morgan fingerprint density at radius 3 is 2.91 bits per heavy atom. The third-order valence-corrected chi connectivity index (χ3v) is 3.73. The van der Waals surface area contributed by atoms with Crippen molar-refractivity contribution in [3.05, 3.63) is 35.6 Å². The number of nitrogens with zero attached hydrogens (tertiary/aromatic N) is 3. The van der Waals surface area contributed by atoms with Gasteiger partial charge in [-0.25, -0.2) is 4.98 Å². The molecule has 7 nitrogen and oxygen atoms in total. The number of nitrogens with one attached hydrogen (secondary N) is 2. The molecule has 2 heterocycles. The minimum Gasteiger partial charge on any atom is -0.363 e. The molecule has 0 bridgehead atoms. The lowest BCUT2D eigenvalue weighted by atomic mass is 9.85. The predicted molar refractivity (Wildman–Crippen MR) is 80.5 cm³/mol. The van der Waals surface area contributed by atoms with Gasteiger partial charge in [0.2, 0.25) is 5.89 Å². The van der Waals surface area contributed by atoms with Crippen LogP contribution in [0.25, 0.3) is 0 Å². The summed E-state index contributed by atoms with van der Waals surface area (Å²) in [6, 6.07) is 3.49. The highest BCUT2D eigenvalue weighted by Crippen LogP contribution is 2.35. The van der Waals surface area contributed by atoms with Gasteiger partial charge in [0, 0.05) is 18.7 Å². The summed E-state index contributed by atoms with van der Waals surface area (Å²) in [6.07, 6.45) is 5.06. The molecular weight excluding hydrogens is 282 g/mol. The fourth-order valence-electron chi connectivity index (χ4n) is 2.23. The summed E-state index contributed by atoms with van der Waals surface area (Å²) in [6.45, 7) is 2.92. The first-order valence-corrected chi connectivity index (χ1v) is 7.57. The lowest BCUT2D eigenvalue weighted by Crippen LogP contribution is -2.22. The number of rotatable bonds is 6. The van der Waals surface area contributed by atoms with Crippen LogP contribution in [0, 0.1) is 0 Å². The number of aromatic nitrogens is 3. The molecule has 0 spiro atoms. The van der Waals surface area contributed by atoms with E-state index < -0.39 is 0 Å². The summed E-state index contributed by atoms with van der Waals surface area (Å²) >= 11 is 0. The number of hydrogen-bond acceptors (Lipinski definition) is 6. The Balaban J connectivity index is 1.54. The van der Waals surface area contributed by atoms with Gasteiger partial charge in [-0.05, 0) is 31.9 Å². The van der Waals surface area contributed by atoms with Gasteiger partial charge in [-0.1, -0.05) is 11.6 Å². The fraction of sp³-hybridized carbons (Fsp3) is 0.467. The van der Waals surface area contributed by atoms with Crippen LogP contribution in [0.5, 0.6) is 0 Å². The smallest absolute Gasteiger partial charge is 0.252 e. The molecule has 2 N–H and O–H groups in total. The number of carbonyl (C=O) groups excluding carboxylic acids is 1. The number of amides is 1. The van der Waals surface area contributed by atoms with Crippen molar-refractivity contribution in [2.75, 3.05) is 11.9 Å². The molecular formula is C15H19N5O2. The van der Waals surface area contributed by atoms with Gasteiger partial charge in [0.15, 0.2) is 5.82 Å². The molecule has 0 atom stereocenters. The van der Waals surface area contributed by atoms with E-state index in [2.05, 4.69) is 25.8 Å². The zero-order valence-corrected chi connectivity index (χ0v) is 12.5. The second kappa shape index (κ2) is 6.55. The number of hydrogen-bond donors (Lipinski definition) is 2. The molecule has 0 aliphatic heterocycles. The fourth-order valence-corrected chi connectivity index (χ4v) is 2.23. The summed E-state index contributed by atoms with van der Waals surface area (Å²) in [5.41, 5.74) is 0.541. The van der Waals surface area contributed by atoms with Gasteiger partial charge in [-0.2, -0.15) is 4.98 Å². The van der Waals surface area contributed by atoms with Gasteiger partial charge in [0.1, 0.15) is 5.82 Å². The first-order valence-electron chi connectivity index (χ1n) is 7.57. The summed E-state index contributed by atoms with van der Waals surface area (Å²) in [5, 5.41) is 9.82. The number of pyridine rings is 1. The van der Waals surface area contributed by atoms with Crippen LogP contribution in [-0.2, 0) is 6.54 Å². The maximum atomic E-state index is 11.6.